The largest absolute Gasteiger partial charge is 0.493 e. The normalized spacial score (nSPS) is 16.9. The van der Waals surface area contributed by atoms with Crippen molar-refractivity contribution in [1.82, 2.24) is 9.55 Å². The second-order valence-electron chi connectivity index (χ2n) is 4.95. The van der Waals surface area contributed by atoms with Gasteiger partial charge >= 0.3 is 5.69 Å². The van der Waals surface area contributed by atoms with Crippen molar-refractivity contribution >= 4 is 11.5 Å². The van der Waals surface area contributed by atoms with Crippen LogP contribution < -0.4 is 27.0 Å². The Morgan fingerprint density at radius 2 is 2.14 bits per heavy atom. The highest BCUT2D eigenvalue weighted by atomic mass is 16.5. The maximum atomic E-state index is 12.0. The molecule has 1 aliphatic rings. The van der Waals surface area contributed by atoms with Crippen molar-refractivity contribution in [2.45, 2.75) is 12.5 Å². The lowest BCUT2D eigenvalue weighted by atomic mass is 10.0. The molecule has 0 aliphatic carbocycles. The van der Waals surface area contributed by atoms with Gasteiger partial charge in [-0.2, -0.15) is 0 Å². The molecular formula is C14H16N4O3. The van der Waals surface area contributed by atoms with Crippen molar-refractivity contribution in [3.63, 3.8) is 0 Å². The first-order valence-electron chi connectivity index (χ1n) is 6.65. The van der Waals surface area contributed by atoms with Crippen LogP contribution in [0.2, 0.25) is 0 Å². The van der Waals surface area contributed by atoms with Crippen molar-refractivity contribution in [3.8, 4) is 5.75 Å². The number of para-hydroxylation sites is 1. The van der Waals surface area contributed by atoms with Crippen molar-refractivity contribution in [1.29, 1.82) is 0 Å². The van der Waals surface area contributed by atoms with E-state index in [1.54, 1.807) is 0 Å². The molecule has 0 radical (unpaired) electrons. The molecular weight excluding hydrogens is 272 g/mol. The third kappa shape index (κ3) is 2.26. The van der Waals surface area contributed by atoms with Crippen LogP contribution in [0.3, 0.4) is 0 Å². The van der Waals surface area contributed by atoms with Gasteiger partial charge < -0.3 is 15.8 Å². The smallest absolute Gasteiger partial charge is 0.329 e. The van der Waals surface area contributed by atoms with Crippen LogP contribution in [-0.2, 0) is 7.05 Å². The number of benzene rings is 1. The zero-order chi connectivity index (χ0) is 15.0. The number of aromatic nitrogens is 2. The predicted molar refractivity (Wildman–Crippen MR) is 79.6 cm³/mol. The minimum Gasteiger partial charge on any atom is -0.493 e. The summed E-state index contributed by atoms with van der Waals surface area (Å²) in [7, 11) is 1.51. The topological polar surface area (TPSA) is 102 Å². The highest BCUT2D eigenvalue weighted by Gasteiger charge is 2.23. The molecule has 0 spiro atoms. The first-order valence-corrected chi connectivity index (χ1v) is 6.65. The van der Waals surface area contributed by atoms with Crippen molar-refractivity contribution in [3.05, 3.63) is 50.7 Å². The van der Waals surface area contributed by atoms with E-state index in [9.17, 15) is 9.59 Å². The van der Waals surface area contributed by atoms with E-state index in [1.165, 1.54) is 11.6 Å². The number of anilines is 2. The fourth-order valence-corrected chi connectivity index (χ4v) is 2.44. The van der Waals surface area contributed by atoms with E-state index in [4.69, 9.17) is 10.5 Å². The number of nitrogens with zero attached hydrogens (tertiary/aromatic N) is 1. The Balaban J connectivity index is 2.01. The summed E-state index contributed by atoms with van der Waals surface area (Å²) >= 11 is 0. The molecule has 2 heterocycles. The molecule has 0 fully saturated rings. The Morgan fingerprint density at radius 3 is 2.95 bits per heavy atom. The third-order valence-corrected chi connectivity index (χ3v) is 3.65. The number of hydrogen-bond donors (Lipinski definition) is 3. The summed E-state index contributed by atoms with van der Waals surface area (Å²) in [5.74, 6) is 0.911. The Morgan fingerprint density at radius 1 is 1.38 bits per heavy atom. The molecule has 21 heavy (non-hydrogen) atoms. The van der Waals surface area contributed by atoms with Crippen molar-refractivity contribution < 1.29 is 4.74 Å². The van der Waals surface area contributed by atoms with E-state index in [-0.39, 0.29) is 17.5 Å². The summed E-state index contributed by atoms with van der Waals surface area (Å²) in [6.07, 6.45) is 0.707. The number of hydrogen-bond acceptors (Lipinski definition) is 5. The lowest BCUT2D eigenvalue weighted by Gasteiger charge is -2.27. The standard InChI is InChI=1S/C14H16N4O3/c1-18-12(15)11(13(19)17-14(18)20)16-9-6-7-21-10-5-3-2-4-8(9)10/h2-5,9,16H,6-7,15H2,1H3,(H,17,19,20). The number of nitrogens with one attached hydrogen (secondary N) is 2. The number of aromatic amines is 1. The van der Waals surface area contributed by atoms with Crippen LogP contribution in [0.4, 0.5) is 11.5 Å². The number of nitrogen functional groups attached to an aromatic ring is 1. The van der Waals surface area contributed by atoms with Gasteiger partial charge in [-0.15, -0.1) is 0 Å². The van der Waals surface area contributed by atoms with Gasteiger partial charge in [0.15, 0.2) is 0 Å². The van der Waals surface area contributed by atoms with Crippen LogP contribution >= 0.6 is 0 Å². The maximum Gasteiger partial charge on any atom is 0.329 e. The molecule has 1 unspecified atom stereocenters. The molecule has 3 rings (SSSR count). The Labute approximate surface area is 120 Å². The Bertz CT molecular complexity index is 794. The van der Waals surface area contributed by atoms with Crippen LogP contribution in [0.5, 0.6) is 5.75 Å². The zero-order valence-corrected chi connectivity index (χ0v) is 11.6. The molecule has 1 aromatic heterocycles. The lowest BCUT2D eigenvalue weighted by Crippen LogP contribution is -2.33. The van der Waals surface area contributed by atoms with Gasteiger partial charge in [0.2, 0.25) is 0 Å². The second-order valence-corrected chi connectivity index (χ2v) is 4.95. The average Bonchev–Trinajstić information content (AvgIpc) is 2.49. The summed E-state index contributed by atoms with van der Waals surface area (Å²) in [4.78, 5) is 25.7. The summed E-state index contributed by atoms with van der Waals surface area (Å²) in [5, 5.41) is 3.13. The molecule has 0 amide bonds. The van der Waals surface area contributed by atoms with Gasteiger partial charge in [-0.3, -0.25) is 14.3 Å². The fraction of sp³-hybridized carbons (Fsp3) is 0.286. The first-order chi connectivity index (χ1) is 10.1. The van der Waals surface area contributed by atoms with Gasteiger partial charge in [0.1, 0.15) is 17.3 Å². The van der Waals surface area contributed by atoms with E-state index in [1.807, 2.05) is 24.3 Å². The van der Waals surface area contributed by atoms with E-state index in [2.05, 4.69) is 10.3 Å². The summed E-state index contributed by atoms with van der Waals surface area (Å²) < 4.78 is 6.79. The molecule has 7 heteroatoms. The van der Waals surface area contributed by atoms with Crippen LogP contribution in [0.25, 0.3) is 0 Å². The summed E-state index contributed by atoms with van der Waals surface area (Å²) in [5.41, 5.74) is 6.00. The number of ether oxygens (including phenoxy) is 1. The van der Waals surface area contributed by atoms with Crippen LogP contribution in [0.1, 0.15) is 18.0 Å². The minimum absolute atomic E-state index is 0.0872. The second kappa shape index (κ2) is 5.01. The van der Waals surface area contributed by atoms with Gasteiger partial charge in [0.05, 0.1) is 12.6 Å². The van der Waals surface area contributed by atoms with Crippen LogP contribution in [0.15, 0.2) is 33.9 Å². The van der Waals surface area contributed by atoms with Gasteiger partial charge in [0.25, 0.3) is 5.56 Å². The first kappa shape index (κ1) is 13.3. The Hall–Kier alpha value is -2.70. The molecule has 0 saturated carbocycles. The van der Waals surface area contributed by atoms with Gasteiger partial charge in [-0.05, 0) is 6.07 Å². The van der Waals surface area contributed by atoms with E-state index >= 15 is 0 Å². The predicted octanol–water partition coefficient (Wildman–Crippen LogP) is 0.591. The molecule has 1 atom stereocenters. The fourth-order valence-electron chi connectivity index (χ4n) is 2.44. The number of nitrogens with two attached hydrogens (primary N) is 1. The monoisotopic (exact) mass is 288 g/mol. The molecule has 0 saturated heterocycles. The summed E-state index contributed by atoms with van der Waals surface area (Å²) in [6.45, 7) is 0.554. The van der Waals surface area contributed by atoms with Crippen molar-refractivity contribution in [2.75, 3.05) is 17.7 Å². The number of rotatable bonds is 2. The highest BCUT2D eigenvalue weighted by molar-refractivity contribution is 5.61. The van der Waals surface area contributed by atoms with Crippen LogP contribution in [-0.4, -0.2) is 16.2 Å². The van der Waals surface area contributed by atoms with E-state index < -0.39 is 11.2 Å². The van der Waals surface area contributed by atoms with E-state index in [0.29, 0.717) is 13.0 Å². The molecule has 1 aliphatic heterocycles. The molecule has 0 bridgehead atoms. The minimum atomic E-state index is -0.532. The zero-order valence-electron chi connectivity index (χ0n) is 11.6. The van der Waals surface area contributed by atoms with Crippen LogP contribution in [0, 0.1) is 0 Å². The number of fused-ring (bicyclic) bond motifs is 1. The SMILES string of the molecule is Cn1c(N)c(NC2CCOc3ccccc32)c(=O)[nH]c1=O. The quantitative estimate of drug-likeness (QED) is 0.750. The maximum absolute atomic E-state index is 12.0. The molecule has 110 valence electrons. The summed E-state index contributed by atoms with van der Waals surface area (Å²) in [6, 6.07) is 7.55. The Kier molecular flexibility index (Phi) is 3.17. The average molecular weight is 288 g/mol. The number of H-pyrrole nitrogens is 1. The highest BCUT2D eigenvalue weighted by Crippen LogP contribution is 2.34. The molecule has 4 N–H and O–H groups in total. The molecule has 7 nitrogen and oxygen atoms in total. The van der Waals surface area contributed by atoms with Gasteiger partial charge in [0, 0.05) is 19.0 Å². The molecule has 2 aromatic rings. The third-order valence-electron chi connectivity index (χ3n) is 3.65. The van der Waals surface area contributed by atoms with Gasteiger partial charge in [-0.1, -0.05) is 18.2 Å². The van der Waals surface area contributed by atoms with E-state index in [0.717, 1.165) is 11.3 Å². The van der Waals surface area contributed by atoms with Crippen molar-refractivity contribution in [2.24, 2.45) is 7.05 Å². The lowest BCUT2D eigenvalue weighted by molar-refractivity contribution is 0.274. The molecule has 1 aromatic carbocycles. The van der Waals surface area contributed by atoms with Gasteiger partial charge in [-0.25, -0.2) is 4.79 Å².